The number of benzene rings is 10. The maximum atomic E-state index is 7.08. The van der Waals surface area contributed by atoms with Crippen LogP contribution in [0.1, 0.15) is 52.7 Å². The van der Waals surface area contributed by atoms with Gasteiger partial charge >= 0.3 is 0 Å². The molecule has 0 aliphatic rings. The van der Waals surface area contributed by atoms with Crippen molar-refractivity contribution in [3.63, 3.8) is 0 Å². The molecule has 2 aromatic heterocycles. The van der Waals surface area contributed by atoms with E-state index in [1.54, 1.807) is 0 Å². The van der Waals surface area contributed by atoms with Crippen molar-refractivity contribution in [3.05, 3.63) is 181 Å². The predicted octanol–water partition coefficient (Wildman–Crippen LogP) is 17.6. The maximum Gasteiger partial charge on any atom is 0.143 e. The van der Waals surface area contributed by atoms with Crippen LogP contribution in [0, 0.1) is 0 Å². The van der Waals surface area contributed by atoms with E-state index >= 15 is 0 Å². The summed E-state index contributed by atoms with van der Waals surface area (Å²) in [6.07, 6.45) is 0. The normalized spacial score (nSPS) is 12.7. The van der Waals surface area contributed by atoms with Gasteiger partial charge in [0.05, 0.1) is 0 Å². The van der Waals surface area contributed by atoms with Crippen molar-refractivity contribution in [1.82, 2.24) is 0 Å². The first-order valence-electron chi connectivity index (χ1n) is 21.8. The third-order valence-corrected chi connectivity index (χ3v) is 13.3. The molecule has 2 heteroatoms. The molecule has 0 unspecified atom stereocenters. The van der Waals surface area contributed by atoms with Gasteiger partial charge in [0, 0.05) is 43.1 Å². The minimum absolute atomic E-state index is 0.0957. The van der Waals surface area contributed by atoms with Gasteiger partial charge in [0.25, 0.3) is 0 Å². The molecule has 0 aliphatic heterocycles. The van der Waals surface area contributed by atoms with Crippen molar-refractivity contribution in [2.24, 2.45) is 0 Å². The highest BCUT2D eigenvalue weighted by molar-refractivity contribution is 6.38. The molecule has 0 aliphatic carbocycles. The zero-order valence-electron chi connectivity index (χ0n) is 36.0. The first kappa shape index (κ1) is 36.7. The molecule has 0 amide bonds. The van der Waals surface area contributed by atoms with E-state index in [4.69, 9.17) is 8.83 Å². The van der Waals surface area contributed by atoms with Crippen LogP contribution in [0.5, 0.6) is 0 Å². The minimum Gasteiger partial charge on any atom is -0.455 e. The van der Waals surface area contributed by atoms with Gasteiger partial charge in [-0.3, -0.25) is 0 Å². The quantitative estimate of drug-likeness (QED) is 0.166. The fraction of sp³-hybridized carbons (Fsp3) is 0.133. The zero-order valence-corrected chi connectivity index (χ0v) is 36.0. The Morgan fingerprint density at radius 1 is 0.290 bits per heavy atom. The smallest absolute Gasteiger partial charge is 0.143 e. The Morgan fingerprint density at radius 2 is 0.661 bits per heavy atom. The summed E-state index contributed by atoms with van der Waals surface area (Å²) in [4.78, 5) is 0. The van der Waals surface area contributed by atoms with Crippen LogP contribution in [0.2, 0.25) is 0 Å². The molecular formula is C60H46O2. The Hall–Kier alpha value is -7.16. The highest BCUT2D eigenvalue weighted by atomic mass is 16.3. The molecule has 0 atom stereocenters. The van der Waals surface area contributed by atoms with Crippen LogP contribution in [0.3, 0.4) is 0 Å². The van der Waals surface area contributed by atoms with Gasteiger partial charge in [-0.05, 0) is 126 Å². The van der Waals surface area contributed by atoms with Crippen LogP contribution < -0.4 is 0 Å². The summed E-state index contributed by atoms with van der Waals surface area (Å²) >= 11 is 0. The van der Waals surface area contributed by atoms with Crippen molar-refractivity contribution in [2.45, 2.75) is 52.4 Å². The summed E-state index contributed by atoms with van der Waals surface area (Å²) in [5.41, 5.74) is 15.8. The van der Waals surface area contributed by atoms with Gasteiger partial charge in [0.1, 0.15) is 22.3 Å². The second-order valence-corrected chi connectivity index (χ2v) is 19.3. The molecule has 0 saturated heterocycles. The van der Waals surface area contributed by atoms with Gasteiger partial charge < -0.3 is 8.83 Å². The summed E-state index contributed by atoms with van der Waals surface area (Å²) in [7, 11) is 0. The molecule has 0 fully saturated rings. The molecule has 12 rings (SSSR count). The van der Waals surface area contributed by atoms with E-state index in [0.29, 0.717) is 0 Å². The Balaban J connectivity index is 1.16. The van der Waals surface area contributed by atoms with Crippen LogP contribution in [0.15, 0.2) is 179 Å². The van der Waals surface area contributed by atoms with Crippen LogP contribution in [-0.4, -0.2) is 0 Å². The molecule has 0 bridgehead atoms. The summed E-state index contributed by atoms with van der Waals surface area (Å²) in [5.74, 6) is 0. The molecule has 12 aromatic rings. The highest BCUT2D eigenvalue weighted by Crippen LogP contribution is 2.51. The molecule has 0 radical (unpaired) electrons. The predicted molar refractivity (Wildman–Crippen MR) is 264 cm³/mol. The van der Waals surface area contributed by atoms with Gasteiger partial charge in [0.15, 0.2) is 0 Å². The maximum absolute atomic E-state index is 7.08. The number of rotatable bonds is 4. The molecule has 0 spiro atoms. The molecule has 2 nitrogen and oxygen atoms in total. The van der Waals surface area contributed by atoms with E-state index in [2.05, 4.69) is 211 Å². The molecule has 10 aromatic carbocycles. The van der Waals surface area contributed by atoms with Crippen molar-refractivity contribution in [1.29, 1.82) is 0 Å². The van der Waals surface area contributed by atoms with Gasteiger partial charge in [-0.2, -0.15) is 0 Å². The number of hydrogen-bond acceptors (Lipinski definition) is 2. The summed E-state index contributed by atoms with van der Waals surface area (Å²) < 4.78 is 14.2. The molecule has 0 saturated carbocycles. The Bertz CT molecular complexity index is 3450. The van der Waals surface area contributed by atoms with Gasteiger partial charge in [-0.1, -0.05) is 163 Å². The van der Waals surface area contributed by atoms with Crippen LogP contribution in [-0.2, 0) is 10.8 Å². The van der Waals surface area contributed by atoms with E-state index < -0.39 is 0 Å². The average Bonchev–Trinajstić information content (AvgIpc) is 3.85. The van der Waals surface area contributed by atoms with Gasteiger partial charge in [0.2, 0.25) is 0 Å². The number of furan rings is 2. The summed E-state index contributed by atoms with van der Waals surface area (Å²) in [5, 5.41) is 11.5. The van der Waals surface area contributed by atoms with Crippen molar-refractivity contribution in [2.75, 3.05) is 0 Å². The molecule has 0 N–H and O–H groups in total. The van der Waals surface area contributed by atoms with E-state index in [-0.39, 0.29) is 10.8 Å². The van der Waals surface area contributed by atoms with Crippen molar-refractivity contribution >= 4 is 76.2 Å². The lowest BCUT2D eigenvalue weighted by Gasteiger charge is -2.19. The SMILES string of the molecule is CC(C)(C)c1ccc(-c2ccc3c(c2)oc2c3cc3c(-c4ccccc4)cc4c5oc6cc(-c7ccc(C(C)(C)C)cc7)ccc6c5cc5c(-c6ccccc6)cc2c3c54)cc1. The average molecular weight is 799 g/mol. The first-order chi connectivity index (χ1) is 30.0. The summed E-state index contributed by atoms with van der Waals surface area (Å²) in [6, 6.07) is 62.5. The zero-order chi connectivity index (χ0) is 42.1. The van der Waals surface area contributed by atoms with Gasteiger partial charge in [-0.15, -0.1) is 0 Å². The van der Waals surface area contributed by atoms with Gasteiger partial charge in [-0.25, -0.2) is 0 Å². The second-order valence-electron chi connectivity index (χ2n) is 19.3. The third-order valence-electron chi connectivity index (χ3n) is 13.3. The standard InChI is InChI=1S/C60H46O2/c1-59(2,3)41-23-17-35(18-24-41)39-21-27-43-49-33-47-46(38-15-11-8-12-16-38)32-52-56-48(45(37-13-9-7-10-14-37)31-51(55(47)56)57(49)61-53(43)29-39)34-50-44-28-22-40(30-54(44)62-58(50)52)36-19-25-42(26-20-36)60(4,5)6/h7-34H,1-6H3. The Kier molecular flexibility index (Phi) is 7.79. The fourth-order valence-corrected chi connectivity index (χ4v) is 9.95. The number of fused-ring (bicyclic) bond motifs is 8. The molecule has 62 heavy (non-hydrogen) atoms. The van der Waals surface area contributed by atoms with Crippen molar-refractivity contribution in [3.8, 4) is 44.5 Å². The molecule has 2 heterocycles. The lowest BCUT2D eigenvalue weighted by atomic mass is 9.84. The van der Waals surface area contributed by atoms with Crippen molar-refractivity contribution < 1.29 is 8.83 Å². The lowest BCUT2D eigenvalue weighted by Crippen LogP contribution is -2.10. The first-order valence-corrected chi connectivity index (χ1v) is 21.8. The van der Waals surface area contributed by atoms with Crippen LogP contribution >= 0.6 is 0 Å². The molecular weight excluding hydrogens is 753 g/mol. The molecule has 298 valence electrons. The lowest BCUT2D eigenvalue weighted by molar-refractivity contribution is 0.590. The van der Waals surface area contributed by atoms with Crippen LogP contribution in [0.4, 0.5) is 0 Å². The fourth-order valence-electron chi connectivity index (χ4n) is 9.95. The topological polar surface area (TPSA) is 26.3 Å². The minimum atomic E-state index is 0.0957. The largest absolute Gasteiger partial charge is 0.455 e. The van der Waals surface area contributed by atoms with E-state index in [0.717, 1.165) is 65.8 Å². The van der Waals surface area contributed by atoms with E-state index in [9.17, 15) is 0 Å². The monoisotopic (exact) mass is 798 g/mol. The highest BCUT2D eigenvalue weighted by Gasteiger charge is 2.25. The third kappa shape index (κ3) is 5.63. The Labute approximate surface area is 361 Å². The summed E-state index contributed by atoms with van der Waals surface area (Å²) in [6.45, 7) is 13.6. The van der Waals surface area contributed by atoms with E-state index in [1.807, 2.05) is 0 Å². The van der Waals surface area contributed by atoms with Crippen LogP contribution in [0.25, 0.3) is 121 Å². The Morgan fingerprint density at radius 3 is 1.03 bits per heavy atom. The van der Waals surface area contributed by atoms with E-state index in [1.165, 1.54) is 66.1 Å². The second kappa shape index (κ2) is 13.2. The number of hydrogen-bond donors (Lipinski definition) is 0.